The molecule has 0 aromatic heterocycles. The summed E-state index contributed by atoms with van der Waals surface area (Å²) in [5.74, 6) is -0.769. The van der Waals surface area contributed by atoms with Crippen molar-refractivity contribution >= 4 is 23.2 Å². The summed E-state index contributed by atoms with van der Waals surface area (Å²) in [6.07, 6.45) is 0. The second-order valence-corrected chi connectivity index (χ2v) is 5.37. The molecule has 0 atom stereocenters. The van der Waals surface area contributed by atoms with Crippen LogP contribution in [0.4, 0.5) is 11.4 Å². The minimum Gasteiger partial charge on any atom is -0.385 e. The number of non-ortho nitro benzene ring substituents is 1. The summed E-state index contributed by atoms with van der Waals surface area (Å²) in [6, 6.07) is 11.0. The van der Waals surface area contributed by atoms with Gasteiger partial charge in [-0.2, -0.15) is 0 Å². The number of imide groups is 1. The Hall–Kier alpha value is -3.22. The van der Waals surface area contributed by atoms with Crippen molar-refractivity contribution in [3.63, 3.8) is 0 Å². The minimum absolute atomic E-state index is 0.0175. The SMILES string of the molecule is CCNc1ccc([N+](=O)[O-])cc1CN1C(=O)c2ccccc2C1=O. The number of carbonyl (C=O) groups excluding carboxylic acids is 2. The summed E-state index contributed by atoms with van der Waals surface area (Å²) >= 11 is 0. The monoisotopic (exact) mass is 325 g/mol. The molecule has 2 aromatic rings. The number of rotatable bonds is 5. The van der Waals surface area contributed by atoms with Crippen LogP contribution in [0.5, 0.6) is 0 Å². The second kappa shape index (κ2) is 6.11. The first-order chi connectivity index (χ1) is 11.5. The van der Waals surface area contributed by atoms with Crippen molar-refractivity contribution in [3.8, 4) is 0 Å². The van der Waals surface area contributed by atoms with Crippen molar-refractivity contribution in [1.82, 2.24) is 4.90 Å². The van der Waals surface area contributed by atoms with E-state index >= 15 is 0 Å². The Labute approximate surface area is 138 Å². The fourth-order valence-electron chi connectivity index (χ4n) is 2.74. The van der Waals surface area contributed by atoms with Crippen LogP contribution in [0.2, 0.25) is 0 Å². The van der Waals surface area contributed by atoms with Crippen LogP contribution in [0, 0.1) is 10.1 Å². The lowest BCUT2D eigenvalue weighted by Crippen LogP contribution is -2.29. The summed E-state index contributed by atoms with van der Waals surface area (Å²) in [5, 5.41) is 14.1. The molecule has 122 valence electrons. The van der Waals surface area contributed by atoms with E-state index in [4.69, 9.17) is 0 Å². The maximum atomic E-state index is 12.5. The summed E-state index contributed by atoms with van der Waals surface area (Å²) in [4.78, 5) is 36.5. The number of nitro benzene ring substituents is 1. The molecule has 0 saturated carbocycles. The van der Waals surface area contributed by atoms with Gasteiger partial charge >= 0.3 is 0 Å². The number of anilines is 1. The van der Waals surface area contributed by atoms with Gasteiger partial charge in [-0.1, -0.05) is 12.1 Å². The molecule has 1 aliphatic heterocycles. The lowest BCUT2D eigenvalue weighted by molar-refractivity contribution is -0.384. The van der Waals surface area contributed by atoms with Gasteiger partial charge < -0.3 is 5.32 Å². The Morgan fingerprint density at radius 2 is 1.71 bits per heavy atom. The number of carbonyl (C=O) groups is 2. The zero-order chi connectivity index (χ0) is 17.3. The Morgan fingerprint density at radius 3 is 2.25 bits per heavy atom. The average Bonchev–Trinajstić information content (AvgIpc) is 2.82. The van der Waals surface area contributed by atoms with E-state index in [9.17, 15) is 19.7 Å². The van der Waals surface area contributed by atoms with Crippen LogP contribution in [0.3, 0.4) is 0 Å². The summed E-state index contributed by atoms with van der Waals surface area (Å²) in [6.45, 7) is 2.50. The molecule has 7 heteroatoms. The lowest BCUT2D eigenvalue weighted by Gasteiger charge is -2.17. The molecule has 0 unspecified atom stereocenters. The molecule has 0 saturated heterocycles. The average molecular weight is 325 g/mol. The van der Waals surface area contributed by atoms with Gasteiger partial charge in [0.15, 0.2) is 0 Å². The standard InChI is InChI=1S/C17H15N3O4/c1-2-18-15-8-7-12(20(23)24)9-11(15)10-19-16(21)13-5-3-4-6-14(13)17(19)22/h3-9,18H,2,10H2,1H3. The normalized spacial score (nSPS) is 13.1. The highest BCUT2D eigenvalue weighted by Crippen LogP contribution is 2.28. The zero-order valence-electron chi connectivity index (χ0n) is 13.0. The van der Waals surface area contributed by atoms with E-state index in [1.54, 1.807) is 30.3 Å². The number of amides is 2. The Bertz CT molecular complexity index is 812. The van der Waals surface area contributed by atoms with Crippen LogP contribution >= 0.6 is 0 Å². The molecule has 24 heavy (non-hydrogen) atoms. The van der Waals surface area contributed by atoms with Gasteiger partial charge in [0.05, 0.1) is 22.6 Å². The van der Waals surface area contributed by atoms with Crippen molar-refractivity contribution in [2.45, 2.75) is 13.5 Å². The Kier molecular flexibility index (Phi) is 3.99. The predicted octanol–water partition coefficient (Wildman–Crippen LogP) is 2.82. The van der Waals surface area contributed by atoms with Gasteiger partial charge in [-0.25, -0.2) is 0 Å². The van der Waals surface area contributed by atoms with Gasteiger partial charge in [-0.15, -0.1) is 0 Å². The number of fused-ring (bicyclic) bond motifs is 1. The van der Waals surface area contributed by atoms with Crippen LogP contribution in [0.1, 0.15) is 33.2 Å². The van der Waals surface area contributed by atoms with E-state index in [0.29, 0.717) is 28.9 Å². The molecular weight excluding hydrogens is 310 g/mol. The molecule has 0 bridgehead atoms. The molecule has 0 radical (unpaired) electrons. The molecule has 0 fully saturated rings. The molecule has 2 aromatic carbocycles. The highest BCUT2D eigenvalue weighted by Gasteiger charge is 2.35. The van der Waals surface area contributed by atoms with Gasteiger partial charge in [0.2, 0.25) is 0 Å². The quantitative estimate of drug-likeness (QED) is 0.518. The van der Waals surface area contributed by atoms with Crippen molar-refractivity contribution in [2.24, 2.45) is 0 Å². The largest absolute Gasteiger partial charge is 0.385 e. The van der Waals surface area contributed by atoms with Gasteiger partial charge in [0.1, 0.15) is 0 Å². The van der Waals surface area contributed by atoms with Crippen molar-refractivity contribution in [3.05, 3.63) is 69.3 Å². The molecule has 0 aliphatic carbocycles. The molecule has 1 aliphatic rings. The number of benzene rings is 2. The third kappa shape index (κ3) is 2.60. The second-order valence-electron chi connectivity index (χ2n) is 5.37. The molecule has 3 rings (SSSR count). The first kappa shape index (κ1) is 15.7. The van der Waals surface area contributed by atoms with Crippen LogP contribution < -0.4 is 5.32 Å². The van der Waals surface area contributed by atoms with E-state index in [2.05, 4.69) is 5.32 Å². The molecule has 2 amide bonds. The Balaban J connectivity index is 1.96. The van der Waals surface area contributed by atoms with Crippen LogP contribution in [0.25, 0.3) is 0 Å². The third-order valence-electron chi connectivity index (χ3n) is 3.87. The molecule has 1 heterocycles. The van der Waals surface area contributed by atoms with Crippen LogP contribution in [-0.2, 0) is 6.54 Å². The Morgan fingerprint density at radius 1 is 1.08 bits per heavy atom. The zero-order valence-corrected chi connectivity index (χ0v) is 13.0. The van der Waals surface area contributed by atoms with Gasteiger partial charge in [0.25, 0.3) is 17.5 Å². The van der Waals surface area contributed by atoms with E-state index in [0.717, 1.165) is 4.90 Å². The van der Waals surface area contributed by atoms with Gasteiger partial charge in [-0.3, -0.25) is 24.6 Å². The first-order valence-corrected chi connectivity index (χ1v) is 7.49. The maximum Gasteiger partial charge on any atom is 0.269 e. The van der Waals surface area contributed by atoms with E-state index < -0.39 is 4.92 Å². The highest BCUT2D eigenvalue weighted by molar-refractivity contribution is 6.21. The number of hydrogen-bond acceptors (Lipinski definition) is 5. The van der Waals surface area contributed by atoms with Gasteiger partial charge in [-0.05, 0) is 25.1 Å². The maximum absolute atomic E-state index is 12.5. The molecule has 7 nitrogen and oxygen atoms in total. The lowest BCUT2D eigenvalue weighted by atomic mass is 10.1. The van der Waals surface area contributed by atoms with Crippen molar-refractivity contribution in [2.75, 3.05) is 11.9 Å². The predicted molar refractivity (Wildman–Crippen MR) is 87.9 cm³/mol. The number of nitro groups is 1. The van der Waals surface area contributed by atoms with E-state index in [1.807, 2.05) is 6.92 Å². The minimum atomic E-state index is -0.498. The number of nitrogens with zero attached hydrogens (tertiary/aromatic N) is 2. The summed E-state index contributed by atoms with van der Waals surface area (Å²) < 4.78 is 0. The fourth-order valence-corrected chi connectivity index (χ4v) is 2.74. The third-order valence-corrected chi connectivity index (χ3v) is 3.87. The highest BCUT2D eigenvalue weighted by atomic mass is 16.6. The molecular formula is C17H15N3O4. The molecule has 0 spiro atoms. The smallest absolute Gasteiger partial charge is 0.269 e. The summed E-state index contributed by atoms with van der Waals surface area (Å²) in [7, 11) is 0. The van der Waals surface area contributed by atoms with E-state index in [-0.39, 0.29) is 24.0 Å². The van der Waals surface area contributed by atoms with E-state index in [1.165, 1.54) is 12.1 Å². The van der Waals surface area contributed by atoms with Gasteiger partial charge in [0, 0.05) is 29.9 Å². The first-order valence-electron chi connectivity index (χ1n) is 7.49. The topological polar surface area (TPSA) is 92.6 Å². The van der Waals surface area contributed by atoms with Crippen molar-refractivity contribution in [1.29, 1.82) is 0 Å². The van der Waals surface area contributed by atoms with Crippen LogP contribution in [0.15, 0.2) is 42.5 Å². The van der Waals surface area contributed by atoms with Crippen molar-refractivity contribution < 1.29 is 14.5 Å². The summed E-state index contributed by atoms with van der Waals surface area (Å²) in [5.41, 5.74) is 1.83. The fraction of sp³-hybridized carbons (Fsp3) is 0.176. The number of hydrogen-bond donors (Lipinski definition) is 1. The van der Waals surface area contributed by atoms with Crippen LogP contribution in [-0.4, -0.2) is 28.2 Å². The molecule has 1 N–H and O–H groups in total. The number of nitrogens with one attached hydrogen (secondary N) is 1.